The van der Waals surface area contributed by atoms with Crippen molar-refractivity contribution in [2.75, 3.05) is 19.0 Å². The van der Waals surface area contributed by atoms with Crippen LogP contribution in [0.4, 0.5) is 5.69 Å². The minimum absolute atomic E-state index is 0.589. The minimum atomic E-state index is -1.05. The number of hydrogen-bond acceptors (Lipinski definition) is 5. The van der Waals surface area contributed by atoms with Crippen LogP contribution in [0.25, 0.3) is 20.8 Å². The number of thiazole rings is 1. The third-order valence-electron chi connectivity index (χ3n) is 4.57. The van der Waals surface area contributed by atoms with Crippen molar-refractivity contribution in [2.45, 2.75) is 46.3 Å². The van der Waals surface area contributed by atoms with Gasteiger partial charge in [-0.1, -0.05) is 23.8 Å². The number of carboxylic acid groups (broad SMARTS) is 1. The molecule has 0 radical (unpaired) electrons. The van der Waals surface area contributed by atoms with Crippen molar-refractivity contribution in [1.29, 1.82) is 0 Å². The van der Waals surface area contributed by atoms with Gasteiger partial charge in [0.25, 0.3) is 0 Å². The Morgan fingerprint density at radius 1 is 1.21 bits per heavy atom. The highest BCUT2D eigenvalue weighted by Gasteiger charge is 2.32. The molecular weight excluding hydrogens is 384 g/mol. The maximum Gasteiger partial charge on any atom is 0.337 e. The molecule has 0 aliphatic rings. The van der Waals surface area contributed by atoms with Gasteiger partial charge in [0.1, 0.15) is 5.01 Å². The Kier molecular flexibility index (Phi) is 5.70. The van der Waals surface area contributed by atoms with Gasteiger partial charge in [0.15, 0.2) is 6.10 Å². The SMILES string of the molecule is Cc1cccc(-c2nc3cc(C)c([C@H](OC(C)(C)C)C(=O)O)c(N(C)C)c3s2)c1. The number of anilines is 1. The van der Waals surface area contributed by atoms with E-state index < -0.39 is 17.7 Å². The van der Waals surface area contributed by atoms with Crippen molar-refractivity contribution >= 4 is 33.2 Å². The van der Waals surface area contributed by atoms with Crippen LogP contribution in [0.2, 0.25) is 0 Å². The summed E-state index contributed by atoms with van der Waals surface area (Å²) in [7, 11) is 3.86. The van der Waals surface area contributed by atoms with E-state index >= 15 is 0 Å². The average molecular weight is 413 g/mol. The van der Waals surface area contributed by atoms with Crippen LogP contribution in [0.5, 0.6) is 0 Å². The first kappa shape index (κ1) is 21.3. The second-order valence-electron chi connectivity index (χ2n) is 8.54. The number of rotatable bonds is 5. The summed E-state index contributed by atoms with van der Waals surface area (Å²) in [6.07, 6.45) is -1.05. The van der Waals surface area contributed by atoms with Gasteiger partial charge in [-0.15, -0.1) is 11.3 Å². The van der Waals surface area contributed by atoms with Gasteiger partial charge < -0.3 is 14.7 Å². The fourth-order valence-corrected chi connectivity index (χ4v) is 4.63. The number of aromatic nitrogens is 1. The van der Waals surface area contributed by atoms with E-state index in [1.807, 2.05) is 58.8 Å². The number of ether oxygens (including phenoxy) is 1. The van der Waals surface area contributed by atoms with Crippen LogP contribution in [0, 0.1) is 13.8 Å². The Hall–Kier alpha value is -2.44. The normalized spacial score (nSPS) is 12.9. The van der Waals surface area contributed by atoms with Gasteiger partial charge >= 0.3 is 5.97 Å². The summed E-state index contributed by atoms with van der Waals surface area (Å²) >= 11 is 1.58. The van der Waals surface area contributed by atoms with Gasteiger partial charge in [0, 0.05) is 25.2 Å². The minimum Gasteiger partial charge on any atom is -0.479 e. The highest BCUT2D eigenvalue weighted by Crippen LogP contribution is 2.43. The van der Waals surface area contributed by atoms with Crippen LogP contribution < -0.4 is 4.90 Å². The summed E-state index contributed by atoms with van der Waals surface area (Å²) in [6, 6.07) is 10.2. The third-order valence-corrected chi connectivity index (χ3v) is 5.70. The summed E-state index contributed by atoms with van der Waals surface area (Å²) in [5.41, 5.74) is 4.92. The number of aliphatic carboxylic acids is 1. The van der Waals surface area contributed by atoms with Crippen LogP contribution in [0.3, 0.4) is 0 Å². The molecule has 3 rings (SSSR count). The van der Waals surface area contributed by atoms with Crippen molar-refractivity contribution < 1.29 is 14.6 Å². The van der Waals surface area contributed by atoms with Crippen molar-refractivity contribution in [3.63, 3.8) is 0 Å². The lowest BCUT2D eigenvalue weighted by Crippen LogP contribution is -2.29. The quantitative estimate of drug-likeness (QED) is 0.592. The van der Waals surface area contributed by atoms with E-state index in [1.165, 1.54) is 5.56 Å². The zero-order valence-electron chi connectivity index (χ0n) is 18.0. The monoisotopic (exact) mass is 412 g/mol. The Morgan fingerprint density at radius 2 is 1.90 bits per heavy atom. The maximum atomic E-state index is 12.1. The Bertz CT molecular complexity index is 1060. The van der Waals surface area contributed by atoms with Gasteiger partial charge in [-0.25, -0.2) is 9.78 Å². The summed E-state index contributed by atoms with van der Waals surface area (Å²) in [6.45, 7) is 9.60. The molecule has 0 aliphatic carbocycles. The molecule has 2 aromatic carbocycles. The highest BCUT2D eigenvalue weighted by atomic mass is 32.1. The first-order valence-corrected chi connectivity index (χ1v) is 10.4. The molecule has 0 amide bonds. The van der Waals surface area contributed by atoms with Crippen molar-refractivity contribution in [1.82, 2.24) is 4.98 Å². The standard InChI is InChI=1S/C23H28N2O3S/c1-13-9-8-10-15(11-13)21-24-16-12-14(2)17(18(25(6)7)20(16)29-21)19(22(26)27)28-23(3,4)5/h8-12,19H,1-7H3,(H,26,27)/t19-/m0/s1. The van der Waals surface area contributed by atoms with Gasteiger partial charge in [-0.05, 0) is 52.3 Å². The number of carbonyl (C=O) groups is 1. The molecule has 0 unspecified atom stereocenters. The fraction of sp³-hybridized carbons (Fsp3) is 0.391. The molecule has 0 saturated heterocycles. The number of nitrogens with zero attached hydrogens (tertiary/aromatic N) is 2. The molecule has 0 aliphatic heterocycles. The zero-order chi connectivity index (χ0) is 21.5. The number of aryl methyl sites for hydroxylation is 2. The number of fused-ring (bicyclic) bond motifs is 1. The summed E-state index contributed by atoms with van der Waals surface area (Å²) < 4.78 is 6.94. The molecule has 0 fully saturated rings. The van der Waals surface area contributed by atoms with Crippen LogP contribution in [-0.2, 0) is 9.53 Å². The molecule has 5 nitrogen and oxygen atoms in total. The largest absolute Gasteiger partial charge is 0.479 e. The van der Waals surface area contributed by atoms with E-state index in [0.717, 1.165) is 32.0 Å². The van der Waals surface area contributed by atoms with Gasteiger partial charge in [0.2, 0.25) is 0 Å². The Morgan fingerprint density at radius 3 is 2.45 bits per heavy atom. The van der Waals surface area contributed by atoms with E-state index in [4.69, 9.17) is 9.72 Å². The second kappa shape index (κ2) is 7.76. The van der Waals surface area contributed by atoms with Crippen LogP contribution >= 0.6 is 11.3 Å². The fourth-order valence-electron chi connectivity index (χ4n) is 3.45. The van der Waals surface area contributed by atoms with Gasteiger partial charge in [-0.2, -0.15) is 0 Å². The third kappa shape index (κ3) is 4.43. The summed E-state index contributed by atoms with van der Waals surface area (Å²) in [5, 5.41) is 10.9. The number of hydrogen-bond donors (Lipinski definition) is 1. The molecule has 1 aromatic heterocycles. The molecule has 1 N–H and O–H groups in total. The second-order valence-corrected chi connectivity index (χ2v) is 9.53. The van der Waals surface area contributed by atoms with Crippen molar-refractivity contribution in [2.24, 2.45) is 0 Å². The molecular formula is C23H28N2O3S. The first-order chi connectivity index (χ1) is 13.5. The van der Waals surface area contributed by atoms with E-state index in [0.29, 0.717) is 5.56 Å². The van der Waals surface area contributed by atoms with E-state index in [-0.39, 0.29) is 0 Å². The first-order valence-electron chi connectivity index (χ1n) is 9.57. The molecule has 3 aromatic rings. The Balaban J connectivity index is 2.27. The molecule has 1 atom stereocenters. The maximum absolute atomic E-state index is 12.1. The topological polar surface area (TPSA) is 62.7 Å². The van der Waals surface area contributed by atoms with Gasteiger partial charge in [-0.3, -0.25) is 0 Å². The van der Waals surface area contributed by atoms with Crippen LogP contribution in [0.1, 0.15) is 43.6 Å². The lowest BCUT2D eigenvalue weighted by atomic mass is 9.98. The van der Waals surface area contributed by atoms with Crippen molar-refractivity contribution in [3.05, 3.63) is 47.0 Å². The molecule has 154 valence electrons. The summed E-state index contributed by atoms with van der Waals surface area (Å²) in [4.78, 5) is 19.0. The smallest absolute Gasteiger partial charge is 0.337 e. The number of carboxylic acids is 1. The zero-order valence-corrected chi connectivity index (χ0v) is 18.8. The van der Waals surface area contributed by atoms with Crippen LogP contribution in [0.15, 0.2) is 30.3 Å². The molecule has 0 spiro atoms. The van der Waals surface area contributed by atoms with Gasteiger partial charge in [0.05, 0.1) is 21.5 Å². The highest BCUT2D eigenvalue weighted by molar-refractivity contribution is 7.22. The summed E-state index contributed by atoms with van der Waals surface area (Å²) in [5.74, 6) is -0.992. The number of benzene rings is 2. The predicted molar refractivity (Wildman–Crippen MR) is 120 cm³/mol. The van der Waals surface area contributed by atoms with Crippen molar-refractivity contribution in [3.8, 4) is 10.6 Å². The van der Waals surface area contributed by atoms with E-state index in [1.54, 1.807) is 11.3 Å². The molecule has 29 heavy (non-hydrogen) atoms. The lowest BCUT2D eigenvalue weighted by molar-refractivity contribution is -0.160. The average Bonchev–Trinajstić information content (AvgIpc) is 3.01. The predicted octanol–water partition coefficient (Wildman–Crippen LogP) is 5.59. The molecule has 1 heterocycles. The molecule has 0 bridgehead atoms. The Labute approximate surface area is 176 Å². The van der Waals surface area contributed by atoms with E-state index in [9.17, 15) is 9.90 Å². The molecule has 6 heteroatoms. The molecule has 0 saturated carbocycles. The van der Waals surface area contributed by atoms with E-state index in [2.05, 4.69) is 25.1 Å². The lowest BCUT2D eigenvalue weighted by Gasteiger charge is -2.29. The van der Waals surface area contributed by atoms with Crippen LogP contribution in [-0.4, -0.2) is 35.8 Å².